The molecule has 202 valence electrons. The molecule has 0 aliphatic rings. The van der Waals surface area contributed by atoms with Crippen molar-refractivity contribution in [1.82, 2.24) is 10.2 Å². The first-order chi connectivity index (χ1) is 18.2. The van der Waals surface area contributed by atoms with Gasteiger partial charge >= 0.3 is 0 Å². The number of hydrogen-bond donors (Lipinski definition) is 1. The number of carbonyl (C=O) groups excluding carboxylic acids is 2. The van der Waals surface area contributed by atoms with Crippen molar-refractivity contribution in [2.45, 2.75) is 31.3 Å². The number of amides is 2. The van der Waals surface area contributed by atoms with E-state index in [1.807, 2.05) is 6.92 Å². The lowest BCUT2D eigenvalue weighted by Crippen LogP contribution is -2.50. The van der Waals surface area contributed by atoms with Crippen molar-refractivity contribution in [3.63, 3.8) is 0 Å². The molecule has 2 amide bonds. The standard InChI is InChI=1S/C28H33N3O6S/c1-5-37-25-17-13-23(14-18-25)31(38(34,35)26-9-7-6-8-10-26)20-27(32)30(21(2)28(33)29-3)19-22-11-15-24(36-4)16-12-22/h6-18,21H,5,19-20H2,1-4H3,(H,29,33). The minimum Gasteiger partial charge on any atom is -0.497 e. The quantitative estimate of drug-likeness (QED) is 0.378. The Kier molecular flexibility index (Phi) is 9.72. The molecule has 38 heavy (non-hydrogen) atoms. The van der Waals surface area contributed by atoms with Gasteiger partial charge in [-0.1, -0.05) is 30.3 Å². The van der Waals surface area contributed by atoms with Crippen molar-refractivity contribution < 1.29 is 27.5 Å². The van der Waals surface area contributed by atoms with Crippen LogP contribution in [0.5, 0.6) is 11.5 Å². The van der Waals surface area contributed by atoms with Crippen LogP contribution in [0.2, 0.25) is 0 Å². The van der Waals surface area contributed by atoms with E-state index in [0.29, 0.717) is 23.8 Å². The van der Waals surface area contributed by atoms with E-state index < -0.39 is 28.5 Å². The molecule has 10 heteroatoms. The number of hydrogen-bond acceptors (Lipinski definition) is 6. The molecule has 0 aromatic heterocycles. The third kappa shape index (κ3) is 6.83. The summed E-state index contributed by atoms with van der Waals surface area (Å²) < 4.78 is 39.2. The van der Waals surface area contributed by atoms with Gasteiger partial charge < -0.3 is 19.7 Å². The molecule has 0 aliphatic carbocycles. The van der Waals surface area contributed by atoms with Crippen LogP contribution >= 0.6 is 0 Å². The molecular weight excluding hydrogens is 506 g/mol. The monoisotopic (exact) mass is 539 g/mol. The zero-order valence-corrected chi connectivity index (χ0v) is 22.8. The molecule has 1 atom stereocenters. The number of benzene rings is 3. The molecule has 0 aliphatic heterocycles. The van der Waals surface area contributed by atoms with Gasteiger partial charge in [0, 0.05) is 13.6 Å². The smallest absolute Gasteiger partial charge is 0.264 e. The van der Waals surface area contributed by atoms with Crippen LogP contribution in [0.15, 0.2) is 83.8 Å². The highest BCUT2D eigenvalue weighted by Gasteiger charge is 2.32. The Morgan fingerprint density at radius 3 is 2.08 bits per heavy atom. The maximum Gasteiger partial charge on any atom is 0.264 e. The molecule has 9 nitrogen and oxygen atoms in total. The molecule has 0 heterocycles. The Hall–Kier alpha value is -4.05. The lowest BCUT2D eigenvalue weighted by molar-refractivity contribution is -0.139. The van der Waals surface area contributed by atoms with Crippen LogP contribution in [0.1, 0.15) is 19.4 Å². The SMILES string of the molecule is CCOc1ccc(N(CC(=O)N(Cc2ccc(OC)cc2)C(C)C(=O)NC)S(=O)(=O)c2ccccc2)cc1. The molecule has 0 fully saturated rings. The fourth-order valence-electron chi connectivity index (χ4n) is 3.84. The highest BCUT2D eigenvalue weighted by molar-refractivity contribution is 7.92. The van der Waals surface area contributed by atoms with Crippen LogP contribution in [-0.4, -0.2) is 58.5 Å². The Balaban J connectivity index is 2.00. The van der Waals surface area contributed by atoms with E-state index in [9.17, 15) is 18.0 Å². The van der Waals surface area contributed by atoms with Gasteiger partial charge in [0.1, 0.15) is 24.1 Å². The average Bonchev–Trinajstić information content (AvgIpc) is 2.95. The Morgan fingerprint density at radius 1 is 0.921 bits per heavy atom. The first-order valence-electron chi connectivity index (χ1n) is 12.2. The second kappa shape index (κ2) is 13.0. The van der Waals surface area contributed by atoms with Gasteiger partial charge in [-0.15, -0.1) is 0 Å². The third-order valence-corrected chi connectivity index (χ3v) is 7.76. The topological polar surface area (TPSA) is 105 Å². The Labute approximate surface area is 224 Å². The molecular formula is C28H33N3O6S. The van der Waals surface area contributed by atoms with Gasteiger partial charge in [-0.05, 0) is 67.9 Å². The predicted molar refractivity (Wildman–Crippen MR) is 146 cm³/mol. The zero-order valence-electron chi connectivity index (χ0n) is 22.0. The van der Waals surface area contributed by atoms with Crippen LogP contribution in [0.25, 0.3) is 0 Å². The van der Waals surface area contributed by atoms with Crippen molar-refractivity contribution in [3.8, 4) is 11.5 Å². The number of methoxy groups -OCH3 is 1. The number of ether oxygens (including phenoxy) is 2. The number of anilines is 1. The molecule has 1 unspecified atom stereocenters. The van der Waals surface area contributed by atoms with Crippen LogP contribution in [-0.2, 0) is 26.2 Å². The highest BCUT2D eigenvalue weighted by Crippen LogP contribution is 2.26. The van der Waals surface area contributed by atoms with Crippen LogP contribution in [0.4, 0.5) is 5.69 Å². The van der Waals surface area contributed by atoms with E-state index in [2.05, 4.69) is 5.32 Å². The normalized spacial score (nSPS) is 11.8. The van der Waals surface area contributed by atoms with E-state index in [1.54, 1.807) is 80.8 Å². The maximum absolute atomic E-state index is 13.8. The second-order valence-electron chi connectivity index (χ2n) is 8.41. The van der Waals surface area contributed by atoms with Gasteiger partial charge in [0.2, 0.25) is 11.8 Å². The van der Waals surface area contributed by atoms with Crippen LogP contribution in [0.3, 0.4) is 0 Å². The van der Waals surface area contributed by atoms with Gasteiger partial charge in [0.15, 0.2) is 0 Å². The summed E-state index contributed by atoms with van der Waals surface area (Å²) >= 11 is 0. The largest absolute Gasteiger partial charge is 0.497 e. The summed E-state index contributed by atoms with van der Waals surface area (Å²) in [5.41, 5.74) is 1.05. The van der Waals surface area contributed by atoms with Crippen molar-refractivity contribution in [2.75, 3.05) is 31.6 Å². The molecule has 3 aromatic carbocycles. The second-order valence-corrected chi connectivity index (χ2v) is 10.3. The molecule has 0 spiro atoms. The van der Waals surface area contributed by atoms with E-state index in [1.165, 1.54) is 24.1 Å². The molecule has 0 saturated heterocycles. The summed E-state index contributed by atoms with van der Waals surface area (Å²) in [5, 5.41) is 2.56. The summed E-state index contributed by atoms with van der Waals surface area (Å²) in [7, 11) is -1.07. The number of sulfonamides is 1. The fraction of sp³-hybridized carbons (Fsp3) is 0.286. The van der Waals surface area contributed by atoms with E-state index in [-0.39, 0.29) is 17.3 Å². The van der Waals surface area contributed by atoms with Crippen molar-refractivity contribution in [1.29, 1.82) is 0 Å². The number of nitrogens with zero attached hydrogens (tertiary/aromatic N) is 2. The highest BCUT2D eigenvalue weighted by atomic mass is 32.2. The van der Waals surface area contributed by atoms with Crippen LogP contribution < -0.4 is 19.1 Å². The summed E-state index contributed by atoms with van der Waals surface area (Å²) in [5.74, 6) is 0.325. The molecule has 0 saturated carbocycles. The van der Waals surface area contributed by atoms with Crippen molar-refractivity contribution in [2.24, 2.45) is 0 Å². The zero-order chi connectivity index (χ0) is 27.7. The lowest BCUT2D eigenvalue weighted by atomic mass is 10.1. The summed E-state index contributed by atoms with van der Waals surface area (Å²) in [6.45, 7) is 3.50. The predicted octanol–water partition coefficient (Wildman–Crippen LogP) is 3.45. The minimum atomic E-state index is -4.11. The first-order valence-corrected chi connectivity index (χ1v) is 13.6. The number of rotatable bonds is 12. The van der Waals surface area contributed by atoms with E-state index in [4.69, 9.17) is 9.47 Å². The summed E-state index contributed by atoms with van der Waals surface area (Å²) in [4.78, 5) is 27.7. The maximum atomic E-state index is 13.8. The molecule has 3 rings (SSSR count). The van der Waals surface area contributed by atoms with Crippen molar-refractivity contribution >= 4 is 27.5 Å². The van der Waals surface area contributed by atoms with E-state index in [0.717, 1.165) is 9.87 Å². The molecule has 3 aromatic rings. The first kappa shape index (κ1) is 28.5. The summed E-state index contributed by atoms with van der Waals surface area (Å²) in [6, 6.07) is 20.6. The van der Waals surface area contributed by atoms with Gasteiger partial charge in [-0.25, -0.2) is 8.42 Å². The van der Waals surface area contributed by atoms with Gasteiger partial charge in [-0.3, -0.25) is 13.9 Å². The summed E-state index contributed by atoms with van der Waals surface area (Å²) in [6.07, 6.45) is 0. The van der Waals surface area contributed by atoms with Gasteiger partial charge in [0.05, 0.1) is 24.3 Å². The molecule has 0 bridgehead atoms. The Bertz CT molecular complexity index is 1310. The fourth-order valence-corrected chi connectivity index (χ4v) is 5.28. The molecule has 1 N–H and O–H groups in total. The third-order valence-electron chi connectivity index (χ3n) is 5.97. The Morgan fingerprint density at radius 2 is 1.53 bits per heavy atom. The van der Waals surface area contributed by atoms with E-state index >= 15 is 0 Å². The average molecular weight is 540 g/mol. The van der Waals surface area contributed by atoms with Crippen molar-refractivity contribution in [3.05, 3.63) is 84.4 Å². The molecule has 0 radical (unpaired) electrons. The lowest BCUT2D eigenvalue weighted by Gasteiger charge is -2.31. The number of nitrogens with one attached hydrogen (secondary N) is 1. The number of carbonyl (C=O) groups is 2. The minimum absolute atomic E-state index is 0.0442. The van der Waals surface area contributed by atoms with Gasteiger partial charge in [0.25, 0.3) is 10.0 Å². The van der Waals surface area contributed by atoms with Gasteiger partial charge in [-0.2, -0.15) is 0 Å². The van der Waals surface area contributed by atoms with Crippen LogP contribution in [0, 0.1) is 0 Å². The number of likely N-dealkylation sites (N-methyl/N-ethyl adjacent to an activating group) is 1.